The molecule has 1 aliphatic heterocycles. The van der Waals surface area contributed by atoms with Gasteiger partial charge in [0.05, 0.1) is 11.6 Å². The molecule has 2 saturated carbocycles. The Hall–Kier alpha value is -1.89. The van der Waals surface area contributed by atoms with Crippen LogP contribution in [0, 0.1) is 5.92 Å². The van der Waals surface area contributed by atoms with Crippen molar-refractivity contribution in [2.75, 3.05) is 5.75 Å². The van der Waals surface area contributed by atoms with E-state index in [0.717, 1.165) is 51.4 Å². The number of aromatic nitrogens is 1. The summed E-state index contributed by atoms with van der Waals surface area (Å²) in [6.45, 7) is 0. The van der Waals surface area contributed by atoms with Gasteiger partial charge in [-0.3, -0.25) is 19.4 Å². The van der Waals surface area contributed by atoms with Crippen LogP contribution in [0.25, 0.3) is 0 Å². The standard InChI is InChI=1S/C22H29N3O3S/c26-19-13-15(14-29-19)22(28)25(17-9-3-4-10-17)20(18-11-5-6-12-23-18)21(27)24-16-7-1-2-8-16/h5-6,11-12,15-17,20H,1-4,7-10,13-14H2,(H,24,27)/t15-,20+/m0/s1. The zero-order valence-electron chi connectivity index (χ0n) is 16.7. The van der Waals surface area contributed by atoms with Gasteiger partial charge in [-0.05, 0) is 37.8 Å². The number of carbonyl (C=O) groups is 3. The van der Waals surface area contributed by atoms with Crippen molar-refractivity contribution >= 4 is 28.7 Å². The zero-order chi connectivity index (χ0) is 20.2. The molecule has 29 heavy (non-hydrogen) atoms. The van der Waals surface area contributed by atoms with Crippen LogP contribution < -0.4 is 5.32 Å². The number of nitrogens with zero attached hydrogens (tertiary/aromatic N) is 2. The van der Waals surface area contributed by atoms with Gasteiger partial charge in [-0.1, -0.05) is 43.5 Å². The molecule has 1 aromatic rings. The van der Waals surface area contributed by atoms with E-state index in [9.17, 15) is 14.4 Å². The minimum Gasteiger partial charge on any atom is -0.351 e. The fourth-order valence-electron chi connectivity index (χ4n) is 4.87. The average molecular weight is 416 g/mol. The number of nitrogens with one attached hydrogen (secondary N) is 1. The zero-order valence-corrected chi connectivity index (χ0v) is 17.5. The lowest BCUT2D eigenvalue weighted by atomic mass is 10.00. The molecule has 0 aromatic carbocycles. The summed E-state index contributed by atoms with van der Waals surface area (Å²) in [5.41, 5.74) is 0.611. The first kappa shape index (κ1) is 20.4. The molecule has 0 spiro atoms. The van der Waals surface area contributed by atoms with Crippen molar-refractivity contribution in [3.05, 3.63) is 30.1 Å². The lowest BCUT2D eigenvalue weighted by Gasteiger charge is -2.37. The van der Waals surface area contributed by atoms with Crippen LogP contribution in [0.15, 0.2) is 24.4 Å². The minimum atomic E-state index is -0.729. The molecule has 3 aliphatic rings. The Morgan fingerprint density at radius 3 is 2.45 bits per heavy atom. The SMILES string of the molecule is O=C1C[C@H](C(=O)N(C2CCCC2)[C@@H](C(=O)NC2CCCC2)c2ccccn2)CS1. The van der Waals surface area contributed by atoms with E-state index in [1.165, 1.54) is 11.8 Å². The van der Waals surface area contributed by atoms with Crippen molar-refractivity contribution in [1.82, 2.24) is 15.2 Å². The topological polar surface area (TPSA) is 79.4 Å². The van der Waals surface area contributed by atoms with Gasteiger partial charge in [0.1, 0.15) is 0 Å². The molecular formula is C22H29N3O3S. The third kappa shape index (κ3) is 4.65. The molecule has 0 bridgehead atoms. The fourth-order valence-corrected chi connectivity index (χ4v) is 5.84. The molecule has 156 valence electrons. The largest absolute Gasteiger partial charge is 0.351 e. The molecule has 2 atom stereocenters. The van der Waals surface area contributed by atoms with E-state index in [-0.39, 0.29) is 41.4 Å². The highest BCUT2D eigenvalue weighted by Crippen LogP contribution is 2.36. The number of carbonyl (C=O) groups excluding carboxylic acids is 3. The van der Waals surface area contributed by atoms with Gasteiger partial charge in [-0.15, -0.1) is 0 Å². The highest BCUT2D eigenvalue weighted by Gasteiger charge is 2.43. The van der Waals surface area contributed by atoms with Gasteiger partial charge in [0, 0.05) is 30.5 Å². The van der Waals surface area contributed by atoms with Crippen LogP contribution in [0.1, 0.15) is 69.5 Å². The molecular weight excluding hydrogens is 386 g/mol. The number of pyridine rings is 1. The summed E-state index contributed by atoms with van der Waals surface area (Å²) in [4.78, 5) is 45.1. The molecule has 1 aromatic heterocycles. The van der Waals surface area contributed by atoms with Gasteiger partial charge < -0.3 is 10.2 Å². The molecule has 2 heterocycles. The molecule has 1 N–H and O–H groups in total. The number of thioether (sulfide) groups is 1. The Morgan fingerprint density at radius 2 is 1.83 bits per heavy atom. The first-order valence-electron chi connectivity index (χ1n) is 10.8. The normalized spacial score (nSPS) is 24.0. The molecule has 7 heteroatoms. The van der Waals surface area contributed by atoms with E-state index in [1.54, 1.807) is 11.1 Å². The van der Waals surface area contributed by atoms with E-state index in [0.29, 0.717) is 11.4 Å². The Kier molecular flexibility index (Phi) is 6.53. The van der Waals surface area contributed by atoms with Crippen LogP contribution in [0.5, 0.6) is 0 Å². The van der Waals surface area contributed by atoms with Gasteiger partial charge in [0.15, 0.2) is 11.2 Å². The maximum absolute atomic E-state index is 13.6. The van der Waals surface area contributed by atoms with Gasteiger partial charge in [-0.2, -0.15) is 0 Å². The fraction of sp³-hybridized carbons (Fsp3) is 0.636. The Labute approximate surface area is 176 Å². The van der Waals surface area contributed by atoms with Crippen LogP contribution in [0.2, 0.25) is 0 Å². The number of rotatable bonds is 6. The van der Waals surface area contributed by atoms with Gasteiger partial charge in [0.2, 0.25) is 11.8 Å². The number of amides is 2. The Bertz CT molecular complexity index is 745. The summed E-state index contributed by atoms with van der Waals surface area (Å²) in [5.74, 6) is -0.0148. The summed E-state index contributed by atoms with van der Waals surface area (Å²) in [5, 5.41) is 3.26. The molecule has 1 saturated heterocycles. The van der Waals surface area contributed by atoms with Crippen LogP contribution in [-0.2, 0) is 14.4 Å². The molecule has 2 amide bonds. The van der Waals surface area contributed by atoms with Crippen molar-refractivity contribution in [2.45, 2.75) is 75.9 Å². The van der Waals surface area contributed by atoms with Crippen molar-refractivity contribution in [3.8, 4) is 0 Å². The molecule has 0 radical (unpaired) electrons. The van der Waals surface area contributed by atoms with Gasteiger partial charge in [-0.25, -0.2) is 0 Å². The summed E-state index contributed by atoms with van der Waals surface area (Å²) in [7, 11) is 0. The maximum atomic E-state index is 13.6. The third-order valence-electron chi connectivity index (χ3n) is 6.38. The van der Waals surface area contributed by atoms with Crippen molar-refractivity contribution < 1.29 is 14.4 Å². The first-order chi connectivity index (χ1) is 14.1. The Morgan fingerprint density at radius 1 is 1.10 bits per heavy atom. The van der Waals surface area contributed by atoms with Crippen LogP contribution in [-0.4, -0.2) is 44.7 Å². The second-order valence-electron chi connectivity index (χ2n) is 8.41. The van der Waals surface area contributed by atoms with Crippen LogP contribution >= 0.6 is 11.8 Å². The van der Waals surface area contributed by atoms with Crippen LogP contribution in [0.3, 0.4) is 0 Å². The lowest BCUT2D eigenvalue weighted by Crippen LogP contribution is -2.51. The van der Waals surface area contributed by atoms with Crippen molar-refractivity contribution in [2.24, 2.45) is 5.92 Å². The molecule has 4 rings (SSSR count). The highest BCUT2D eigenvalue weighted by atomic mass is 32.2. The highest BCUT2D eigenvalue weighted by molar-refractivity contribution is 8.14. The number of hydrogen-bond acceptors (Lipinski definition) is 5. The predicted molar refractivity (Wildman–Crippen MR) is 112 cm³/mol. The van der Waals surface area contributed by atoms with E-state index >= 15 is 0 Å². The molecule has 2 aliphatic carbocycles. The molecule has 6 nitrogen and oxygen atoms in total. The van der Waals surface area contributed by atoms with Crippen molar-refractivity contribution in [1.29, 1.82) is 0 Å². The van der Waals surface area contributed by atoms with E-state index in [2.05, 4.69) is 10.3 Å². The van der Waals surface area contributed by atoms with Gasteiger partial charge in [0.25, 0.3) is 0 Å². The monoisotopic (exact) mass is 415 g/mol. The number of hydrogen-bond donors (Lipinski definition) is 1. The smallest absolute Gasteiger partial charge is 0.249 e. The van der Waals surface area contributed by atoms with E-state index < -0.39 is 6.04 Å². The summed E-state index contributed by atoms with van der Waals surface area (Å²) >= 11 is 1.23. The summed E-state index contributed by atoms with van der Waals surface area (Å²) < 4.78 is 0. The van der Waals surface area contributed by atoms with Crippen LogP contribution in [0.4, 0.5) is 0 Å². The minimum absolute atomic E-state index is 0.0320. The van der Waals surface area contributed by atoms with E-state index in [1.807, 2.05) is 18.2 Å². The molecule has 3 fully saturated rings. The average Bonchev–Trinajstić information content (AvgIpc) is 3.49. The predicted octanol–water partition coefficient (Wildman–Crippen LogP) is 3.23. The van der Waals surface area contributed by atoms with Crippen molar-refractivity contribution in [3.63, 3.8) is 0 Å². The molecule has 0 unspecified atom stereocenters. The summed E-state index contributed by atoms with van der Waals surface area (Å²) in [6, 6.07) is 5.01. The first-order valence-corrected chi connectivity index (χ1v) is 11.8. The second kappa shape index (κ2) is 9.28. The van der Waals surface area contributed by atoms with E-state index in [4.69, 9.17) is 0 Å². The lowest BCUT2D eigenvalue weighted by molar-refractivity contribution is -0.147. The van der Waals surface area contributed by atoms with Gasteiger partial charge >= 0.3 is 0 Å². The Balaban J connectivity index is 1.65. The maximum Gasteiger partial charge on any atom is 0.249 e. The quantitative estimate of drug-likeness (QED) is 0.772. The third-order valence-corrected chi connectivity index (χ3v) is 7.43. The summed E-state index contributed by atoms with van der Waals surface area (Å²) in [6.07, 6.45) is 10.1. The second-order valence-corrected chi connectivity index (χ2v) is 9.49.